The fourth-order valence-electron chi connectivity index (χ4n) is 2.56. The smallest absolute Gasteiger partial charge is 0.416 e. The lowest BCUT2D eigenvalue weighted by Crippen LogP contribution is -2.06. The van der Waals surface area contributed by atoms with E-state index in [0.29, 0.717) is 11.3 Å². The summed E-state index contributed by atoms with van der Waals surface area (Å²) < 4.78 is 40.2. The number of benzene rings is 2. The fraction of sp³-hybridized carbons (Fsp3) is 0.100. The van der Waals surface area contributed by atoms with Gasteiger partial charge in [-0.1, -0.05) is 35.9 Å². The summed E-state index contributed by atoms with van der Waals surface area (Å²) in [6, 6.07) is 12.2. The molecule has 27 heavy (non-hydrogen) atoms. The van der Waals surface area contributed by atoms with Crippen LogP contribution in [-0.2, 0) is 11.0 Å². The van der Waals surface area contributed by atoms with E-state index in [2.05, 4.69) is 5.10 Å². The Kier molecular flexibility index (Phi) is 4.85. The van der Waals surface area contributed by atoms with Crippen LogP contribution in [0.1, 0.15) is 16.7 Å². The maximum Gasteiger partial charge on any atom is 0.416 e. The highest BCUT2D eigenvalue weighted by molar-refractivity contribution is 5.87. The Morgan fingerprint density at radius 3 is 2.48 bits per heavy atom. The summed E-state index contributed by atoms with van der Waals surface area (Å²) in [6.45, 7) is 1.93. The second-order valence-corrected chi connectivity index (χ2v) is 5.96. The number of carboxylic acids is 1. The van der Waals surface area contributed by atoms with Gasteiger partial charge in [0.2, 0.25) is 0 Å². The SMILES string of the molecule is Cc1ccc(-c2nn(-c3cccc(C(F)(F)F)c3)cc2/C=C/C(=O)O)cc1. The van der Waals surface area contributed by atoms with Crippen molar-refractivity contribution in [3.63, 3.8) is 0 Å². The molecule has 7 heteroatoms. The summed E-state index contributed by atoms with van der Waals surface area (Å²) in [4.78, 5) is 10.9. The second kappa shape index (κ2) is 7.11. The monoisotopic (exact) mass is 372 g/mol. The Labute approximate surface area is 153 Å². The van der Waals surface area contributed by atoms with Gasteiger partial charge >= 0.3 is 12.1 Å². The molecule has 0 aliphatic heterocycles. The van der Waals surface area contributed by atoms with Gasteiger partial charge in [-0.3, -0.25) is 0 Å². The predicted molar refractivity (Wildman–Crippen MR) is 95.4 cm³/mol. The van der Waals surface area contributed by atoms with Gasteiger partial charge in [-0.2, -0.15) is 18.3 Å². The molecule has 0 saturated carbocycles. The van der Waals surface area contributed by atoms with E-state index in [4.69, 9.17) is 5.11 Å². The summed E-state index contributed by atoms with van der Waals surface area (Å²) in [5.41, 5.74) is 2.18. The zero-order chi connectivity index (χ0) is 19.6. The van der Waals surface area contributed by atoms with Gasteiger partial charge in [0.1, 0.15) is 0 Å². The number of alkyl halides is 3. The van der Waals surface area contributed by atoms with Crippen LogP contribution in [0, 0.1) is 6.92 Å². The minimum Gasteiger partial charge on any atom is -0.478 e. The Morgan fingerprint density at radius 1 is 1.15 bits per heavy atom. The average Bonchev–Trinajstić information content (AvgIpc) is 3.04. The van der Waals surface area contributed by atoms with E-state index in [1.165, 1.54) is 29.1 Å². The van der Waals surface area contributed by atoms with Crippen LogP contribution in [0.25, 0.3) is 23.0 Å². The Bertz CT molecular complexity index is 1000. The number of nitrogens with zero attached hydrogens (tertiary/aromatic N) is 2. The largest absolute Gasteiger partial charge is 0.478 e. The molecule has 2 aromatic carbocycles. The van der Waals surface area contributed by atoms with Gasteiger partial charge in [0.25, 0.3) is 0 Å². The van der Waals surface area contributed by atoms with Crippen molar-refractivity contribution in [3.05, 3.63) is 77.5 Å². The molecule has 0 bridgehead atoms. The summed E-state index contributed by atoms with van der Waals surface area (Å²) in [5.74, 6) is -1.13. The highest BCUT2D eigenvalue weighted by Gasteiger charge is 2.30. The average molecular weight is 372 g/mol. The van der Waals surface area contributed by atoms with E-state index >= 15 is 0 Å². The van der Waals surface area contributed by atoms with Crippen LogP contribution < -0.4 is 0 Å². The zero-order valence-electron chi connectivity index (χ0n) is 14.2. The molecule has 0 saturated heterocycles. The maximum atomic E-state index is 13.0. The Morgan fingerprint density at radius 2 is 1.85 bits per heavy atom. The van der Waals surface area contributed by atoms with E-state index < -0.39 is 17.7 Å². The van der Waals surface area contributed by atoms with E-state index in [0.717, 1.165) is 29.3 Å². The quantitative estimate of drug-likeness (QED) is 0.658. The van der Waals surface area contributed by atoms with E-state index in [-0.39, 0.29) is 5.69 Å². The molecular weight excluding hydrogens is 357 g/mol. The first-order valence-corrected chi connectivity index (χ1v) is 7.99. The molecule has 1 N–H and O–H groups in total. The first-order valence-electron chi connectivity index (χ1n) is 7.99. The normalized spacial score (nSPS) is 11.9. The van der Waals surface area contributed by atoms with Crippen LogP contribution in [0.2, 0.25) is 0 Å². The third-order valence-corrected chi connectivity index (χ3v) is 3.91. The fourth-order valence-corrected chi connectivity index (χ4v) is 2.56. The van der Waals surface area contributed by atoms with Crippen LogP contribution in [-0.4, -0.2) is 20.9 Å². The number of halogens is 3. The highest BCUT2D eigenvalue weighted by Crippen LogP contribution is 2.31. The van der Waals surface area contributed by atoms with Crippen LogP contribution in [0.3, 0.4) is 0 Å². The number of hydrogen-bond donors (Lipinski definition) is 1. The van der Waals surface area contributed by atoms with Crippen molar-refractivity contribution in [2.45, 2.75) is 13.1 Å². The zero-order valence-corrected chi connectivity index (χ0v) is 14.2. The predicted octanol–water partition coefficient (Wildman–Crippen LogP) is 4.96. The molecule has 1 heterocycles. The molecule has 0 aliphatic rings. The summed E-state index contributed by atoms with van der Waals surface area (Å²) in [6.07, 6.45) is -0.626. The van der Waals surface area contributed by atoms with Gasteiger partial charge < -0.3 is 5.11 Å². The molecule has 0 radical (unpaired) electrons. The van der Waals surface area contributed by atoms with Gasteiger partial charge in [-0.25, -0.2) is 9.48 Å². The molecule has 0 fully saturated rings. The van der Waals surface area contributed by atoms with Gasteiger partial charge in [0, 0.05) is 23.4 Å². The molecule has 0 atom stereocenters. The molecule has 0 amide bonds. The molecule has 0 aliphatic carbocycles. The molecule has 3 aromatic rings. The van der Waals surface area contributed by atoms with Crippen molar-refractivity contribution >= 4 is 12.0 Å². The minimum atomic E-state index is -4.46. The molecular formula is C20H15F3N2O2. The van der Waals surface area contributed by atoms with Crippen molar-refractivity contribution in [3.8, 4) is 16.9 Å². The van der Waals surface area contributed by atoms with Gasteiger partial charge in [0.05, 0.1) is 16.9 Å². The van der Waals surface area contributed by atoms with Crippen molar-refractivity contribution in [1.82, 2.24) is 9.78 Å². The first-order chi connectivity index (χ1) is 12.7. The topological polar surface area (TPSA) is 55.1 Å². The molecule has 0 unspecified atom stereocenters. The lowest BCUT2D eigenvalue weighted by Gasteiger charge is -2.08. The number of rotatable bonds is 4. The number of aliphatic carboxylic acids is 1. The van der Waals surface area contributed by atoms with Crippen LogP contribution in [0.4, 0.5) is 13.2 Å². The maximum absolute atomic E-state index is 13.0. The minimum absolute atomic E-state index is 0.230. The van der Waals surface area contributed by atoms with Crippen LogP contribution in [0.5, 0.6) is 0 Å². The lowest BCUT2D eigenvalue weighted by atomic mass is 10.1. The molecule has 1 aromatic heterocycles. The standard InChI is InChI=1S/C20H15F3N2O2/c1-13-5-7-14(8-6-13)19-15(9-10-18(26)27)12-25(24-19)17-4-2-3-16(11-17)20(21,22)23/h2-12H,1H3,(H,26,27)/b10-9+. The molecule has 0 spiro atoms. The number of aryl methyl sites for hydroxylation is 1. The first kappa shape index (κ1) is 18.4. The Hall–Kier alpha value is -3.35. The van der Waals surface area contributed by atoms with Gasteiger partial charge in [0.15, 0.2) is 0 Å². The van der Waals surface area contributed by atoms with Gasteiger partial charge in [-0.05, 0) is 31.2 Å². The molecule has 3 rings (SSSR count). The van der Waals surface area contributed by atoms with Gasteiger partial charge in [-0.15, -0.1) is 0 Å². The Balaban J connectivity index is 2.11. The van der Waals surface area contributed by atoms with Crippen molar-refractivity contribution in [1.29, 1.82) is 0 Å². The van der Waals surface area contributed by atoms with E-state index in [1.54, 1.807) is 0 Å². The van der Waals surface area contributed by atoms with E-state index in [9.17, 15) is 18.0 Å². The lowest BCUT2D eigenvalue weighted by molar-refractivity contribution is -0.137. The number of carbonyl (C=O) groups is 1. The van der Waals surface area contributed by atoms with Crippen LogP contribution in [0.15, 0.2) is 60.8 Å². The number of hydrogen-bond acceptors (Lipinski definition) is 2. The van der Waals surface area contributed by atoms with Crippen molar-refractivity contribution < 1.29 is 23.1 Å². The summed E-state index contributed by atoms with van der Waals surface area (Å²) in [5, 5.41) is 13.3. The summed E-state index contributed by atoms with van der Waals surface area (Å²) >= 11 is 0. The van der Waals surface area contributed by atoms with Crippen molar-refractivity contribution in [2.24, 2.45) is 0 Å². The van der Waals surface area contributed by atoms with E-state index in [1.807, 2.05) is 31.2 Å². The molecule has 4 nitrogen and oxygen atoms in total. The van der Waals surface area contributed by atoms with Crippen LogP contribution >= 0.6 is 0 Å². The summed E-state index contributed by atoms with van der Waals surface area (Å²) in [7, 11) is 0. The second-order valence-electron chi connectivity index (χ2n) is 5.96. The molecule has 138 valence electrons. The van der Waals surface area contributed by atoms with Crippen molar-refractivity contribution in [2.75, 3.05) is 0 Å². The third kappa shape index (κ3) is 4.25. The number of aromatic nitrogens is 2. The highest BCUT2D eigenvalue weighted by atomic mass is 19.4. The number of carboxylic acid groups (broad SMARTS) is 1. The third-order valence-electron chi connectivity index (χ3n) is 3.91.